The molecule has 2 aromatic heterocycles. The summed E-state index contributed by atoms with van der Waals surface area (Å²) in [7, 11) is -2.35. The maximum Gasteiger partial charge on any atom is 0.413 e. The monoisotopic (exact) mass is 570 g/mol. The van der Waals surface area contributed by atoms with E-state index in [1.807, 2.05) is 13.8 Å². The van der Waals surface area contributed by atoms with Crippen molar-refractivity contribution in [1.82, 2.24) is 19.5 Å². The second-order valence-electron chi connectivity index (χ2n) is 11.0. The highest BCUT2D eigenvalue weighted by molar-refractivity contribution is 7.91. The number of fused-ring (bicyclic) bond motifs is 3. The first kappa shape index (κ1) is 27.5. The number of benzene rings is 1. The van der Waals surface area contributed by atoms with E-state index in [0.717, 1.165) is 19.2 Å². The first-order chi connectivity index (χ1) is 18.1. The van der Waals surface area contributed by atoms with E-state index in [4.69, 9.17) is 0 Å². The number of carbonyl (C=O) groups is 1. The molecule has 1 aromatic carbocycles. The molecule has 5 rings (SSSR count). The fraction of sp³-hybridized carbons (Fsp3) is 0.500. The average molecular weight is 571 g/mol. The van der Waals surface area contributed by atoms with Crippen molar-refractivity contribution < 1.29 is 35.2 Å². The predicted molar refractivity (Wildman–Crippen MR) is 132 cm³/mol. The number of nitrogens with zero attached hydrogens (tertiary/aromatic N) is 4. The molecular formula is C26H27F5N4O3S. The number of amides is 1. The minimum Gasteiger partial charge on any atom is -0.330 e. The number of alkyl halides is 3. The summed E-state index contributed by atoms with van der Waals surface area (Å²) in [5.41, 5.74) is 0.893. The van der Waals surface area contributed by atoms with E-state index in [9.17, 15) is 30.8 Å². The van der Waals surface area contributed by atoms with Crippen LogP contribution in [0, 0.1) is 17.7 Å². The van der Waals surface area contributed by atoms with Gasteiger partial charge in [0.2, 0.25) is 11.9 Å². The molecule has 0 N–H and O–H groups in total. The number of rotatable bonds is 4. The molecule has 1 fully saturated rings. The van der Waals surface area contributed by atoms with Gasteiger partial charge in [0.15, 0.2) is 11.7 Å². The lowest BCUT2D eigenvalue weighted by molar-refractivity contribution is -0.191. The Morgan fingerprint density at radius 2 is 1.82 bits per heavy atom. The van der Waals surface area contributed by atoms with Gasteiger partial charge in [-0.2, -0.15) is 17.6 Å². The van der Waals surface area contributed by atoms with Crippen LogP contribution < -0.4 is 0 Å². The minimum absolute atomic E-state index is 0.0736. The Balaban J connectivity index is 1.48. The fourth-order valence-electron chi connectivity index (χ4n) is 6.00. The highest BCUT2D eigenvalue weighted by Gasteiger charge is 2.48. The second-order valence-corrected chi connectivity index (χ2v) is 13.3. The number of hydrogen-bond acceptors (Lipinski definition) is 5. The molecule has 39 heavy (non-hydrogen) atoms. The highest BCUT2D eigenvalue weighted by Crippen LogP contribution is 2.49. The van der Waals surface area contributed by atoms with Gasteiger partial charge in [-0.15, -0.1) is 5.10 Å². The molecule has 0 saturated carbocycles. The highest BCUT2D eigenvalue weighted by atomic mass is 32.2. The molecule has 3 aromatic rings. The average Bonchev–Trinajstić information content (AvgIpc) is 3.34. The van der Waals surface area contributed by atoms with E-state index in [1.165, 1.54) is 16.6 Å². The van der Waals surface area contributed by atoms with Gasteiger partial charge in [-0.1, -0.05) is 26.0 Å². The first-order valence-corrected chi connectivity index (χ1v) is 14.3. The van der Waals surface area contributed by atoms with E-state index in [-0.39, 0.29) is 24.3 Å². The zero-order valence-corrected chi connectivity index (χ0v) is 22.3. The van der Waals surface area contributed by atoms with E-state index in [0.29, 0.717) is 33.8 Å². The normalized spacial score (nSPS) is 21.6. The number of hydrogen-bond donors (Lipinski definition) is 0. The molecule has 0 spiro atoms. The van der Waals surface area contributed by atoms with E-state index in [1.54, 1.807) is 6.20 Å². The van der Waals surface area contributed by atoms with E-state index >= 15 is 4.39 Å². The van der Waals surface area contributed by atoms with Gasteiger partial charge in [0.1, 0.15) is 15.7 Å². The van der Waals surface area contributed by atoms with Crippen LogP contribution in [0.4, 0.5) is 22.0 Å². The van der Waals surface area contributed by atoms with Gasteiger partial charge in [-0.05, 0) is 30.9 Å². The van der Waals surface area contributed by atoms with Gasteiger partial charge >= 0.3 is 6.18 Å². The van der Waals surface area contributed by atoms with E-state index in [2.05, 4.69) is 10.1 Å². The van der Waals surface area contributed by atoms with Gasteiger partial charge in [0.05, 0.1) is 17.2 Å². The summed E-state index contributed by atoms with van der Waals surface area (Å²) >= 11 is 0. The van der Waals surface area contributed by atoms with Crippen molar-refractivity contribution in [3.8, 4) is 0 Å². The van der Waals surface area contributed by atoms with Gasteiger partial charge in [-0.25, -0.2) is 22.3 Å². The Labute approximate surface area is 221 Å². The fourth-order valence-corrected chi connectivity index (χ4v) is 7.50. The Hall–Kier alpha value is -3.09. The molecule has 7 nitrogen and oxygen atoms in total. The lowest BCUT2D eigenvalue weighted by Gasteiger charge is -2.34. The summed E-state index contributed by atoms with van der Waals surface area (Å²) in [4.78, 5) is 17.7. The Morgan fingerprint density at radius 3 is 2.44 bits per heavy atom. The molecule has 2 atom stereocenters. The SMILES string of the molecule is CN(C(=O)C1CCS(=O)(=O)CC1)[C@@H](c1ccc([C@H]2CC(C)(C)c3c2cnc2cc(F)nn32)cc1F)C(F)(F)F. The van der Waals surface area contributed by atoms with Crippen molar-refractivity contribution in [2.45, 2.75) is 56.7 Å². The van der Waals surface area contributed by atoms with Crippen LogP contribution in [0.15, 0.2) is 30.5 Å². The smallest absolute Gasteiger partial charge is 0.330 e. The quantitative estimate of drug-likeness (QED) is 0.425. The van der Waals surface area contributed by atoms with Gasteiger partial charge < -0.3 is 4.90 Å². The zero-order chi connectivity index (χ0) is 28.5. The predicted octanol–water partition coefficient (Wildman–Crippen LogP) is 4.71. The maximum atomic E-state index is 15.5. The van der Waals surface area contributed by atoms with Crippen LogP contribution in [0.3, 0.4) is 0 Å². The number of aromatic nitrogens is 3. The molecule has 210 valence electrons. The molecule has 0 bridgehead atoms. The van der Waals surface area contributed by atoms with Crippen LogP contribution in [0.2, 0.25) is 0 Å². The van der Waals surface area contributed by atoms with Crippen LogP contribution in [0.5, 0.6) is 0 Å². The standard InChI is InChI=1S/C26H27F5N4O3S/c1-25(2)12-17(18-13-32-21-11-20(28)33-35(21)22(18)25)15-4-5-16(19(27)10-15)23(26(29,30)31)34(3)24(36)14-6-8-39(37,38)9-7-14/h4-5,10-11,13-14,17,23H,6-9,12H2,1-3H3/t17-,23+/m1/s1. The molecule has 13 heteroatoms. The summed E-state index contributed by atoms with van der Waals surface area (Å²) in [6.07, 6.45) is -3.09. The molecule has 1 aliphatic carbocycles. The van der Waals surface area contributed by atoms with Crippen molar-refractivity contribution in [3.63, 3.8) is 0 Å². The largest absolute Gasteiger partial charge is 0.413 e. The molecule has 0 unspecified atom stereocenters. The minimum atomic E-state index is -4.98. The van der Waals surface area contributed by atoms with Crippen molar-refractivity contribution >= 4 is 21.4 Å². The van der Waals surface area contributed by atoms with Crippen LogP contribution in [0.25, 0.3) is 5.65 Å². The Bertz CT molecular complexity index is 1550. The second kappa shape index (κ2) is 9.24. The third kappa shape index (κ3) is 4.89. The number of carbonyl (C=O) groups excluding carboxylic acids is 1. The summed E-state index contributed by atoms with van der Waals surface area (Å²) in [5, 5.41) is 3.89. The van der Waals surface area contributed by atoms with Crippen molar-refractivity contribution in [1.29, 1.82) is 0 Å². The molecular weight excluding hydrogens is 543 g/mol. The summed E-state index contributed by atoms with van der Waals surface area (Å²) < 4.78 is 96.8. The molecule has 3 heterocycles. The lowest BCUT2D eigenvalue weighted by atomic mass is 9.86. The van der Waals surface area contributed by atoms with Crippen molar-refractivity contribution in [2.24, 2.45) is 5.92 Å². The van der Waals surface area contributed by atoms with Crippen molar-refractivity contribution in [3.05, 3.63) is 64.6 Å². The third-order valence-electron chi connectivity index (χ3n) is 7.88. The summed E-state index contributed by atoms with van der Waals surface area (Å²) in [5.74, 6) is -4.55. The van der Waals surface area contributed by atoms with Crippen molar-refractivity contribution in [2.75, 3.05) is 18.6 Å². The zero-order valence-electron chi connectivity index (χ0n) is 21.5. The first-order valence-electron chi connectivity index (χ1n) is 12.5. The number of halogens is 5. The molecule has 1 amide bonds. The van der Waals surface area contributed by atoms with Crippen LogP contribution in [-0.2, 0) is 20.0 Å². The topological polar surface area (TPSA) is 84.6 Å². The lowest BCUT2D eigenvalue weighted by Crippen LogP contribution is -2.44. The van der Waals surface area contributed by atoms with Crippen LogP contribution in [-0.4, -0.2) is 58.6 Å². The van der Waals surface area contributed by atoms with Gasteiger partial charge in [-0.3, -0.25) is 4.79 Å². The van der Waals surface area contributed by atoms with E-state index < -0.39 is 62.5 Å². The number of sulfone groups is 1. The van der Waals surface area contributed by atoms with Gasteiger partial charge in [0.25, 0.3) is 0 Å². The summed E-state index contributed by atoms with van der Waals surface area (Å²) in [6, 6.07) is 2.15. The Kier molecular flexibility index (Phi) is 6.51. The molecule has 2 aliphatic rings. The van der Waals surface area contributed by atoms with Crippen LogP contribution in [0.1, 0.15) is 67.5 Å². The third-order valence-corrected chi connectivity index (χ3v) is 9.60. The van der Waals surface area contributed by atoms with Crippen LogP contribution >= 0.6 is 0 Å². The molecule has 1 saturated heterocycles. The Morgan fingerprint density at radius 1 is 1.15 bits per heavy atom. The molecule has 0 radical (unpaired) electrons. The molecule has 1 aliphatic heterocycles. The van der Waals surface area contributed by atoms with Gasteiger partial charge in [0, 0.05) is 47.7 Å². The maximum absolute atomic E-state index is 15.5. The summed E-state index contributed by atoms with van der Waals surface area (Å²) in [6.45, 7) is 3.85.